The first-order chi connectivity index (χ1) is 8.55. The monoisotopic (exact) mass is 244 g/mol. The molecule has 2 N–H and O–H groups in total. The Morgan fingerprint density at radius 1 is 1.33 bits per heavy atom. The molecule has 18 heavy (non-hydrogen) atoms. The molecular formula is C15H20N2O. The van der Waals surface area contributed by atoms with E-state index < -0.39 is 0 Å². The van der Waals surface area contributed by atoms with Crippen LogP contribution in [0.5, 0.6) is 5.75 Å². The number of hydrogen-bond donors (Lipinski definition) is 1. The minimum absolute atomic E-state index is 0.194. The van der Waals surface area contributed by atoms with Crippen molar-refractivity contribution < 1.29 is 4.74 Å². The van der Waals surface area contributed by atoms with E-state index in [9.17, 15) is 5.26 Å². The predicted octanol–water partition coefficient (Wildman–Crippen LogP) is 3.01. The number of ether oxygens (including phenoxy) is 1. The van der Waals surface area contributed by atoms with Crippen molar-refractivity contribution in [3.63, 3.8) is 0 Å². The van der Waals surface area contributed by atoms with Crippen LogP contribution >= 0.6 is 0 Å². The fourth-order valence-electron chi connectivity index (χ4n) is 2.72. The summed E-state index contributed by atoms with van der Waals surface area (Å²) in [7, 11) is 1.67. The molecule has 0 radical (unpaired) electrons. The number of nitrogens with zero attached hydrogens (tertiary/aromatic N) is 1. The standard InChI is InChI=1S/C15H20N2O/c1-10-11(2)13(18-3)6-5-12(10)14(17)15(9-16)7-4-8-15/h5-6,14H,4,7-8,17H2,1-3H3. The molecule has 0 spiro atoms. The van der Waals surface area contributed by atoms with Crippen LogP contribution in [0, 0.1) is 30.6 Å². The van der Waals surface area contributed by atoms with Gasteiger partial charge in [-0.2, -0.15) is 5.26 Å². The number of hydrogen-bond acceptors (Lipinski definition) is 3. The highest BCUT2D eigenvalue weighted by Crippen LogP contribution is 2.49. The van der Waals surface area contributed by atoms with Gasteiger partial charge >= 0.3 is 0 Å². The molecule has 0 heterocycles. The van der Waals surface area contributed by atoms with E-state index in [-0.39, 0.29) is 11.5 Å². The van der Waals surface area contributed by atoms with E-state index in [0.29, 0.717) is 0 Å². The zero-order chi connectivity index (χ0) is 13.3. The molecule has 1 aliphatic carbocycles. The number of methoxy groups -OCH3 is 1. The first kappa shape index (κ1) is 12.9. The number of nitrogens with two attached hydrogens (primary N) is 1. The first-order valence-corrected chi connectivity index (χ1v) is 6.36. The van der Waals surface area contributed by atoms with E-state index >= 15 is 0 Å². The number of nitriles is 1. The molecule has 3 nitrogen and oxygen atoms in total. The lowest BCUT2D eigenvalue weighted by molar-refractivity contribution is 0.168. The normalized spacial score (nSPS) is 18.6. The Hall–Kier alpha value is -1.53. The van der Waals surface area contributed by atoms with Crippen molar-refractivity contribution in [2.45, 2.75) is 39.2 Å². The fraction of sp³-hybridized carbons (Fsp3) is 0.533. The highest BCUT2D eigenvalue weighted by atomic mass is 16.5. The molecule has 1 saturated carbocycles. The van der Waals surface area contributed by atoms with Crippen LogP contribution in [0.25, 0.3) is 0 Å². The van der Waals surface area contributed by atoms with Gasteiger partial charge in [0.25, 0.3) is 0 Å². The number of benzene rings is 1. The number of rotatable bonds is 3. The summed E-state index contributed by atoms with van der Waals surface area (Å²) in [5.41, 5.74) is 9.32. The largest absolute Gasteiger partial charge is 0.496 e. The van der Waals surface area contributed by atoms with Crippen LogP contribution in [0.1, 0.15) is 42.0 Å². The van der Waals surface area contributed by atoms with E-state index in [2.05, 4.69) is 13.0 Å². The second-order valence-electron chi connectivity index (χ2n) is 5.21. The molecule has 0 bridgehead atoms. The maximum atomic E-state index is 9.37. The van der Waals surface area contributed by atoms with Crippen LogP contribution in [-0.4, -0.2) is 7.11 Å². The van der Waals surface area contributed by atoms with Crippen molar-refractivity contribution in [3.8, 4) is 11.8 Å². The van der Waals surface area contributed by atoms with Gasteiger partial charge in [0.15, 0.2) is 0 Å². The average molecular weight is 244 g/mol. The SMILES string of the molecule is COc1ccc(C(N)C2(C#N)CCC2)c(C)c1C. The van der Waals surface area contributed by atoms with Gasteiger partial charge in [0, 0.05) is 6.04 Å². The molecule has 0 saturated heterocycles. The summed E-state index contributed by atoms with van der Waals surface area (Å²) in [6, 6.07) is 6.19. The molecule has 0 aliphatic heterocycles. The topological polar surface area (TPSA) is 59.0 Å². The first-order valence-electron chi connectivity index (χ1n) is 6.36. The molecule has 1 fully saturated rings. The summed E-state index contributed by atoms with van der Waals surface area (Å²) in [6.07, 6.45) is 2.93. The molecule has 1 atom stereocenters. The van der Waals surface area contributed by atoms with E-state index in [4.69, 9.17) is 10.5 Å². The van der Waals surface area contributed by atoms with Crippen molar-refractivity contribution in [2.24, 2.45) is 11.1 Å². The van der Waals surface area contributed by atoms with Gasteiger partial charge in [-0.1, -0.05) is 12.5 Å². The van der Waals surface area contributed by atoms with Crippen LogP contribution in [0.4, 0.5) is 0 Å². The second-order valence-corrected chi connectivity index (χ2v) is 5.21. The van der Waals surface area contributed by atoms with Gasteiger partial charge in [-0.15, -0.1) is 0 Å². The van der Waals surface area contributed by atoms with Gasteiger partial charge in [-0.3, -0.25) is 0 Å². The molecule has 1 aromatic rings. The molecule has 1 aromatic carbocycles. The van der Waals surface area contributed by atoms with E-state index in [0.717, 1.165) is 41.7 Å². The minimum Gasteiger partial charge on any atom is -0.496 e. The van der Waals surface area contributed by atoms with Crippen molar-refractivity contribution in [2.75, 3.05) is 7.11 Å². The molecule has 1 aliphatic rings. The van der Waals surface area contributed by atoms with Crippen molar-refractivity contribution >= 4 is 0 Å². The quantitative estimate of drug-likeness (QED) is 0.889. The predicted molar refractivity (Wildman–Crippen MR) is 71.3 cm³/mol. The maximum Gasteiger partial charge on any atom is 0.122 e. The highest BCUT2D eigenvalue weighted by molar-refractivity contribution is 5.46. The highest BCUT2D eigenvalue weighted by Gasteiger charge is 2.44. The van der Waals surface area contributed by atoms with Crippen LogP contribution in [0.3, 0.4) is 0 Å². The molecule has 1 unspecified atom stereocenters. The fourth-order valence-corrected chi connectivity index (χ4v) is 2.72. The lowest BCUT2D eigenvalue weighted by Gasteiger charge is -2.41. The van der Waals surface area contributed by atoms with Gasteiger partial charge in [0.2, 0.25) is 0 Å². The summed E-state index contributed by atoms with van der Waals surface area (Å²) < 4.78 is 5.31. The zero-order valence-electron chi connectivity index (χ0n) is 11.3. The third-order valence-electron chi connectivity index (χ3n) is 4.40. The summed E-state index contributed by atoms with van der Waals surface area (Å²) in [4.78, 5) is 0. The summed E-state index contributed by atoms with van der Waals surface area (Å²) in [5.74, 6) is 0.878. The summed E-state index contributed by atoms with van der Waals surface area (Å²) >= 11 is 0. The summed E-state index contributed by atoms with van der Waals surface area (Å²) in [5, 5.41) is 9.37. The van der Waals surface area contributed by atoms with Crippen LogP contribution in [-0.2, 0) is 0 Å². The lowest BCUT2D eigenvalue weighted by Crippen LogP contribution is -2.39. The third-order valence-corrected chi connectivity index (χ3v) is 4.40. The van der Waals surface area contributed by atoms with Crippen molar-refractivity contribution in [3.05, 3.63) is 28.8 Å². The Kier molecular flexibility index (Phi) is 3.32. The van der Waals surface area contributed by atoms with Gasteiger partial charge < -0.3 is 10.5 Å². The summed E-state index contributed by atoms with van der Waals surface area (Å²) in [6.45, 7) is 4.08. The molecule has 0 amide bonds. The Morgan fingerprint density at radius 2 is 2.00 bits per heavy atom. The molecule has 0 aromatic heterocycles. The van der Waals surface area contributed by atoms with E-state index in [1.165, 1.54) is 0 Å². The van der Waals surface area contributed by atoms with Gasteiger partial charge in [-0.25, -0.2) is 0 Å². The average Bonchev–Trinajstić information content (AvgIpc) is 2.31. The molecule has 2 rings (SSSR count). The molecule has 3 heteroatoms. The molecule has 96 valence electrons. The van der Waals surface area contributed by atoms with E-state index in [1.807, 2.05) is 19.1 Å². The van der Waals surface area contributed by atoms with Crippen molar-refractivity contribution in [1.82, 2.24) is 0 Å². The van der Waals surface area contributed by atoms with Gasteiger partial charge in [0.1, 0.15) is 5.75 Å². The molecular weight excluding hydrogens is 224 g/mol. The van der Waals surface area contributed by atoms with Crippen LogP contribution in [0.15, 0.2) is 12.1 Å². The van der Waals surface area contributed by atoms with Crippen molar-refractivity contribution in [1.29, 1.82) is 5.26 Å². The maximum absolute atomic E-state index is 9.37. The van der Waals surface area contributed by atoms with Gasteiger partial charge in [0.05, 0.1) is 18.6 Å². The smallest absolute Gasteiger partial charge is 0.122 e. The Bertz CT molecular complexity index is 498. The van der Waals surface area contributed by atoms with Gasteiger partial charge in [-0.05, 0) is 49.4 Å². The Labute approximate surface area is 109 Å². The van der Waals surface area contributed by atoms with Crippen LogP contribution < -0.4 is 10.5 Å². The zero-order valence-corrected chi connectivity index (χ0v) is 11.3. The second kappa shape index (κ2) is 4.62. The minimum atomic E-state index is -0.355. The Morgan fingerprint density at radius 3 is 2.44 bits per heavy atom. The van der Waals surface area contributed by atoms with E-state index in [1.54, 1.807) is 7.11 Å². The lowest BCUT2D eigenvalue weighted by atomic mass is 9.63. The third kappa shape index (κ3) is 1.77. The Balaban J connectivity index is 2.40. The van der Waals surface area contributed by atoms with Crippen LogP contribution in [0.2, 0.25) is 0 Å².